The maximum absolute atomic E-state index is 14.2. The monoisotopic (exact) mass is 616 g/mol. The number of likely N-dealkylation sites (tertiary alicyclic amines) is 2. The van der Waals surface area contributed by atoms with Crippen molar-refractivity contribution in [2.45, 2.75) is 112 Å². The lowest BCUT2D eigenvalue weighted by molar-refractivity contribution is -0.145. The number of hydrogen-bond acceptors (Lipinski definition) is 6. The van der Waals surface area contributed by atoms with Crippen LogP contribution < -0.4 is 21.7 Å². The molecule has 5 N–H and O–H groups in total. The van der Waals surface area contributed by atoms with Crippen molar-refractivity contribution in [1.82, 2.24) is 25.8 Å². The molecular weight excluding hydrogens is 564 g/mol. The Morgan fingerprint density at radius 3 is 2.11 bits per heavy atom. The molecule has 246 valence electrons. The number of carbonyl (C=O) groups excluding carboxylic acids is 6. The van der Waals surface area contributed by atoms with Crippen molar-refractivity contribution in [2.24, 2.45) is 39.7 Å². The van der Waals surface area contributed by atoms with E-state index >= 15 is 0 Å². The van der Waals surface area contributed by atoms with E-state index in [1.807, 2.05) is 41.5 Å². The molecule has 4 rings (SSSR count). The number of Topliss-reactive ketones (excluding diaryl/α,β-unsaturated/α-hetero) is 1. The van der Waals surface area contributed by atoms with Gasteiger partial charge in [0.25, 0.3) is 5.91 Å². The fourth-order valence-corrected chi connectivity index (χ4v) is 6.99. The number of amides is 6. The van der Waals surface area contributed by atoms with Crippen LogP contribution in [-0.2, 0) is 24.0 Å². The Morgan fingerprint density at radius 1 is 0.955 bits per heavy atom. The highest BCUT2D eigenvalue weighted by atomic mass is 16.2. The molecule has 12 nitrogen and oxygen atoms in total. The maximum atomic E-state index is 14.2. The Balaban J connectivity index is 1.51. The van der Waals surface area contributed by atoms with Gasteiger partial charge in [0.1, 0.15) is 18.1 Å². The van der Waals surface area contributed by atoms with E-state index in [1.165, 1.54) is 0 Å². The number of nitrogens with one attached hydrogen (secondary N) is 3. The molecule has 2 aliphatic heterocycles. The molecule has 0 bridgehead atoms. The minimum absolute atomic E-state index is 0.0803. The average molecular weight is 617 g/mol. The van der Waals surface area contributed by atoms with Gasteiger partial charge in [0.05, 0.1) is 6.04 Å². The van der Waals surface area contributed by atoms with Gasteiger partial charge in [-0.1, -0.05) is 55.4 Å². The largest absolute Gasteiger partial charge is 0.363 e. The highest BCUT2D eigenvalue weighted by molar-refractivity contribution is 6.38. The van der Waals surface area contributed by atoms with Gasteiger partial charge in [0, 0.05) is 26.1 Å². The van der Waals surface area contributed by atoms with Gasteiger partial charge in [0.2, 0.25) is 23.5 Å². The standard InChI is InChI=1S/C32H52N6O6/c1-30(2,3)19(16-37-14-10-9-11-20(37)39)34-29(44)36-25(31(4,5)6)28(43)38-15-18-21(32(18,7)8)23(38)27(42)35-22(17-12-13-17)24(40)26(33)41/h17-19,21-23,25H,9-16H2,1-8H3,(H2,33,41)(H,35,42)(H2,34,36,44)/t18-,19+,21-,22?,23-,25+/m0/s1. The Kier molecular flexibility index (Phi) is 9.17. The van der Waals surface area contributed by atoms with Gasteiger partial charge in [-0.05, 0) is 59.7 Å². The van der Waals surface area contributed by atoms with Gasteiger partial charge in [0.15, 0.2) is 0 Å². The first-order valence-electron chi connectivity index (χ1n) is 16.0. The van der Waals surface area contributed by atoms with Gasteiger partial charge in [-0.2, -0.15) is 0 Å². The van der Waals surface area contributed by atoms with Crippen molar-refractivity contribution in [3.05, 3.63) is 0 Å². The Morgan fingerprint density at radius 2 is 1.59 bits per heavy atom. The molecule has 0 aromatic carbocycles. The molecule has 6 amide bonds. The van der Waals surface area contributed by atoms with E-state index in [2.05, 4.69) is 29.8 Å². The summed E-state index contributed by atoms with van der Waals surface area (Å²) in [5, 5.41) is 8.71. The maximum Gasteiger partial charge on any atom is 0.315 e. The van der Waals surface area contributed by atoms with Gasteiger partial charge < -0.3 is 31.5 Å². The molecule has 2 heterocycles. The number of nitrogens with zero attached hydrogens (tertiary/aromatic N) is 2. The molecule has 1 unspecified atom stereocenters. The van der Waals surface area contributed by atoms with Gasteiger partial charge in [-0.3, -0.25) is 24.0 Å². The predicted octanol–water partition coefficient (Wildman–Crippen LogP) is 1.56. The number of nitrogens with two attached hydrogens (primary N) is 1. The number of rotatable bonds is 10. The molecule has 2 saturated carbocycles. The number of fused-ring (bicyclic) bond motifs is 1. The third-order valence-corrected chi connectivity index (χ3v) is 10.2. The summed E-state index contributed by atoms with van der Waals surface area (Å²) in [6.07, 6.45) is 3.72. The van der Waals surface area contributed by atoms with Crippen LogP contribution in [0.5, 0.6) is 0 Å². The Hall–Kier alpha value is -3.18. The van der Waals surface area contributed by atoms with E-state index in [0.717, 1.165) is 12.8 Å². The van der Waals surface area contributed by atoms with Crippen LogP contribution in [0.1, 0.15) is 87.5 Å². The third kappa shape index (κ3) is 7.04. The number of primary amides is 1. The molecular formula is C32H52N6O6. The Bertz CT molecular complexity index is 1200. The van der Waals surface area contributed by atoms with Crippen molar-refractivity contribution in [3.63, 3.8) is 0 Å². The third-order valence-electron chi connectivity index (χ3n) is 10.2. The van der Waals surface area contributed by atoms with Crippen LogP contribution in [0, 0.1) is 34.0 Å². The summed E-state index contributed by atoms with van der Waals surface area (Å²) >= 11 is 0. The zero-order valence-corrected chi connectivity index (χ0v) is 27.6. The normalized spacial score (nSPS) is 26.6. The van der Waals surface area contributed by atoms with Gasteiger partial charge >= 0.3 is 6.03 Å². The number of piperidine rings is 2. The molecule has 4 aliphatic rings. The molecule has 0 aromatic heterocycles. The van der Waals surface area contributed by atoms with Crippen LogP contribution in [-0.4, -0.2) is 89.0 Å². The molecule has 0 radical (unpaired) electrons. The molecule has 0 spiro atoms. The summed E-state index contributed by atoms with van der Waals surface area (Å²) in [5.41, 5.74) is 4.04. The zero-order chi connectivity index (χ0) is 32.9. The number of hydrogen-bond donors (Lipinski definition) is 4. The van der Waals surface area contributed by atoms with Gasteiger partial charge in [-0.25, -0.2) is 4.79 Å². The van der Waals surface area contributed by atoms with E-state index in [0.29, 0.717) is 38.9 Å². The molecule has 2 aliphatic carbocycles. The summed E-state index contributed by atoms with van der Waals surface area (Å²) in [6.45, 7) is 17.1. The van der Waals surface area contributed by atoms with Crippen molar-refractivity contribution in [3.8, 4) is 0 Å². The topological polar surface area (TPSA) is 171 Å². The molecule has 44 heavy (non-hydrogen) atoms. The first kappa shape index (κ1) is 33.7. The van der Waals surface area contributed by atoms with E-state index in [4.69, 9.17) is 5.73 Å². The van der Waals surface area contributed by atoms with Crippen molar-refractivity contribution >= 4 is 35.4 Å². The lowest BCUT2D eigenvalue weighted by Crippen LogP contribution is -2.63. The summed E-state index contributed by atoms with van der Waals surface area (Å²) in [6, 6.07) is -3.68. The minimum Gasteiger partial charge on any atom is -0.363 e. The molecule has 0 aromatic rings. The number of carbonyl (C=O) groups is 6. The van der Waals surface area contributed by atoms with E-state index in [-0.39, 0.29) is 46.4 Å². The number of urea groups is 1. The lowest BCUT2D eigenvalue weighted by Gasteiger charge is -2.40. The molecule has 2 saturated heterocycles. The summed E-state index contributed by atoms with van der Waals surface area (Å²) < 4.78 is 0. The average Bonchev–Trinajstić information content (AvgIpc) is 3.78. The zero-order valence-electron chi connectivity index (χ0n) is 27.6. The SMILES string of the molecule is CC(C)(C)[C@H](NC(=O)N[C@H](CN1CCCCC1=O)C(C)(C)C)C(=O)N1C[C@H]2[C@@H]([C@H]1C(=O)NC(C(=O)C(N)=O)C1CC1)C2(C)C. The molecule has 12 heteroatoms. The van der Waals surface area contributed by atoms with Gasteiger partial charge in [-0.15, -0.1) is 0 Å². The van der Waals surface area contributed by atoms with Crippen LogP contribution >= 0.6 is 0 Å². The van der Waals surface area contributed by atoms with Crippen LogP contribution in [0.4, 0.5) is 4.79 Å². The summed E-state index contributed by atoms with van der Waals surface area (Å²) in [7, 11) is 0. The second-order valence-corrected chi connectivity index (χ2v) is 16.1. The van der Waals surface area contributed by atoms with E-state index < -0.39 is 47.2 Å². The highest BCUT2D eigenvalue weighted by Crippen LogP contribution is 2.65. The predicted molar refractivity (Wildman–Crippen MR) is 164 cm³/mol. The Labute approximate surface area is 261 Å². The van der Waals surface area contributed by atoms with Crippen molar-refractivity contribution < 1.29 is 28.8 Å². The van der Waals surface area contributed by atoms with E-state index in [9.17, 15) is 28.8 Å². The lowest BCUT2D eigenvalue weighted by atomic mass is 9.84. The second-order valence-electron chi connectivity index (χ2n) is 16.1. The van der Waals surface area contributed by atoms with Crippen LogP contribution in [0.25, 0.3) is 0 Å². The number of ketones is 1. The first-order chi connectivity index (χ1) is 20.2. The fourth-order valence-electron chi connectivity index (χ4n) is 6.99. The fraction of sp³-hybridized carbons (Fsp3) is 0.812. The van der Waals surface area contributed by atoms with E-state index in [1.54, 1.807) is 9.80 Å². The van der Waals surface area contributed by atoms with Crippen molar-refractivity contribution in [1.29, 1.82) is 0 Å². The first-order valence-corrected chi connectivity index (χ1v) is 16.0. The van der Waals surface area contributed by atoms with Crippen LogP contribution in [0.2, 0.25) is 0 Å². The summed E-state index contributed by atoms with van der Waals surface area (Å²) in [4.78, 5) is 81.6. The minimum atomic E-state index is -1.09. The van der Waals surface area contributed by atoms with Crippen LogP contribution in [0.3, 0.4) is 0 Å². The van der Waals surface area contributed by atoms with Crippen molar-refractivity contribution in [2.75, 3.05) is 19.6 Å². The highest BCUT2D eigenvalue weighted by Gasteiger charge is 2.70. The smallest absolute Gasteiger partial charge is 0.315 e. The quantitative estimate of drug-likeness (QED) is 0.271. The molecule has 4 fully saturated rings. The second kappa shape index (κ2) is 12.0. The molecule has 6 atom stereocenters. The summed E-state index contributed by atoms with van der Waals surface area (Å²) in [5.74, 6) is -2.85. The van der Waals surface area contributed by atoms with Crippen LogP contribution in [0.15, 0.2) is 0 Å².